The quantitative estimate of drug-likeness (QED) is 0.730. The van der Waals surface area contributed by atoms with Crippen molar-refractivity contribution in [2.24, 2.45) is 0 Å². The Morgan fingerprint density at radius 3 is 2.80 bits per heavy atom. The Labute approximate surface area is 149 Å². The van der Waals surface area contributed by atoms with E-state index in [1.807, 2.05) is 31.2 Å². The highest BCUT2D eigenvalue weighted by atomic mass is 35.5. The molecule has 6 nitrogen and oxygen atoms in total. The maximum Gasteiger partial charge on any atom is 0.408 e. The Morgan fingerprint density at radius 2 is 2.08 bits per heavy atom. The highest BCUT2D eigenvalue weighted by Crippen LogP contribution is 2.25. The van der Waals surface area contributed by atoms with Gasteiger partial charge in [0.15, 0.2) is 12.3 Å². The number of terminal acetylenes is 1. The van der Waals surface area contributed by atoms with E-state index in [-0.39, 0.29) is 13.2 Å². The standard InChI is InChI=1S/C18H15ClN4O2/c1-3-10-25-18(24)20-11-14-17(13-6-4-12(2)5-7-13)21-16-9-8-15(19)22-23(14)16/h1,4-9H,10-11H2,2H3,(H,20,24). The van der Waals surface area contributed by atoms with Crippen molar-refractivity contribution in [3.05, 3.63) is 52.8 Å². The maximum absolute atomic E-state index is 11.7. The third-order valence-corrected chi connectivity index (χ3v) is 3.75. The number of aryl methyl sites for hydroxylation is 1. The number of amides is 1. The molecule has 0 saturated heterocycles. The minimum atomic E-state index is -0.607. The summed E-state index contributed by atoms with van der Waals surface area (Å²) in [5.74, 6) is 2.24. The van der Waals surface area contributed by atoms with E-state index in [0.717, 1.165) is 11.1 Å². The van der Waals surface area contributed by atoms with Gasteiger partial charge in [0.1, 0.15) is 5.15 Å². The zero-order valence-corrected chi connectivity index (χ0v) is 14.2. The van der Waals surface area contributed by atoms with Gasteiger partial charge in [0.25, 0.3) is 0 Å². The number of fused-ring (bicyclic) bond motifs is 1. The zero-order valence-electron chi connectivity index (χ0n) is 13.5. The maximum atomic E-state index is 11.7. The summed E-state index contributed by atoms with van der Waals surface area (Å²) in [5.41, 5.74) is 4.10. The van der Waals surface area contributed by atoms with Crippen LogP contribution in [0, 0.1) is 19.3 Å². The lowest BCUT2D eigenvalue weighted by Crippen LogP contribution is -2.25. The fourth-order valence-electron chi connectivity index (χ4n) is 2.37. The third kappa shape index (κ3) is 3.73. The first-order valence-electron chi connectivity index (χ1n) is 7.54. The molecule has 3 rings (SSSR count). The molecular formula is C18H15ClN4O2. The SMILES string of the molecule is C#CCOC(=O)NCc1c(-c2ccc(C)cc2)nc2ccc(Cl)nn12. The van der Waals surface area contributed by atoms with Crippen LogP contribution >= 0.6 is 11.6 Å². The Balaban J connectivity index is 1.99. The number of aromatic nitrogens is 3. The van der Waals surface area contributed by atoms with Gasteiger partial charge in [0, 0.05) is 5.56 Å². The number of rotatable bonds is 4. The molecular weight excluding hydrogens is 340 g/mol. The summed E-state index contributed by atoms with van der Waals surface area (Å²) < 4.78 is 6.43. The molecule has 0 aliphatic heterocycles. The van der Waals surface area contributed by atoms with Crippen LogP contribution in [0.1, 0.15) is 11.3 Å². The zero-order chi connectivity index (χ0) is 17.8. The number of imidazole rings is 1. The van der Waals surface area contributed by atoms with Crippen LogP contribution < -0.4 is 5.32 Å². The van der Waals surface area contributed by atoms with E-state index in [9.17, 15) is 4.79 Å². The van der Waals surface area contributed by atoms with Crippen LogP contribution in [0.25, 0.3) is 16.9 Å². The first-order valence-corrected chi connectivity index (χ1v) is 7.91. The van der Waals surface area contributed by atoms with Gasteiger partial charge in [-0.3, -0.25) is 0 Å². The molecule has 0 spiro atoms. The van der Waals surface area contributed by atoms with Crippen molar-refractivity contribution in [3.63, 3.8) is 0 Å². The Kier molecular flexibility index (Phi) is 4.87. The molecule has 25 heavy (non-hydrogen) atoms. The molecule has 0 aliphatic carbocycles. The number of carbonyl (C=O) groups is 1. The highest BCUT2D eigenvalue weighted by molar-refractivity contribution is 6.29. The van der Waals surface area contributed by atoms with Crippen molar-refractivity contribution in [2.75, 3.05) is 6.61 Å². The van der Waals surface area contributed by atoms with Crippen LogP contribution in [-0.4, -0.2) is 27.3 Å². The summed E-state index contributed by atoms with van der Waals surface area (Å²) in [4.78, 5) is 16.3. The van der Waals surface area contributed by atoms with E-state index in [2.05, 4.69) is 21.3 Å². The normalized spacial score (nSPS) is 10.4. The third-order valence-electron chi connectivity index (χ3n) is 3.55. The lowest BCUT2D eigenvalue weighted by atomic mass is 10.1. The predicted octanol–water partition coefficient (Wildman–Crippen LogP) is 3.22. The van der Waals surface area contributed by atoms with E-state index < -0.39 is 6.09 Å². The summed E-state index contributed by atoms with van der Waals surface area (Å²) in [5, 5.41) is 7.26. The van der Waals surface area contributed by atoms with Gasteiger partial charge in [-0.15, -0.1) is 6.42 Å². The number of alkyl carbamates (subject to hydrolysis) is 1. The molecule has 1 N–H and O–H groups in total. The molecule has 2 aromatic heterocycles. The first kappa shape index (κ1) is 16.8. The number of hydrogen-bond acceptors (Lipinski definition) is 4. The average Bonchev–Trinajstić information content (AvgIpc) is 2.96. The van der Waals surface area contributed by atoms with Crippen LogP contribution in [0.5, 0.6) is 0 Å². The van der Waals surface area contributed by atoms with Crippen molar-refractivity contribution in [3.8, 4) is 23.6 Å². The van der Waals surface area contributed by atoms with E-state index in [1.54, 1.807) is 16.6 Å². The van der Waals surface area contributed by atoms with Gasteiger partial charge >= 0.3 is 6.09 Å². The molecule has 7 heteroatoms. The highest BCUT2D eigenvalue weighted by Gasteiger charge is 2.16. The van der Waals surface area contributed by atoms with E-state index in [4.69, 9.17) is 22.8 Å². The van der Waals surface area contributed by atoms with Crippen LogP contribution in [0.15, 0.2) is 36.4 Å². The molecule has 0 bridgehead atoms. The van der Waals surface area contributed by atoms with Crippen LogP contribution in [0.4, 0.5) is 4.79 Å². The summed E-state index contributed by atoms with van der Waals surface area (Å²) in [6.07, 6.45) is 4.47. The van der Waals surface area contributed by atoms with Crippen molar-refractivity contribution in [1.82, 2.24) is 19.9 Å². The molecule has 0 aliphatic rings. The van der Waals surface area contributed by atoms with Crippen LogP contribution in [-0.2, 0) is 11.3 Å². The second-order valence-electron chi connectivity index (χ2n) is 5.33. The van der Waals surface area contributed by atoms with Crippen LogP contribution in [0.2, 0.25) is 5.15 Å². The number of carbonyl (C=O) groups excluding carboxylic acids is 1. The largest absolute Gasteiger partial charge is 0.436 e. The lowest BCUT2D eigenvalue weighted by molar-refractivity contribution is 0.159. The molecule has 0 saturated carbocycles. The van der Waals surface area contributed by atoms with Crippen molar-refractivity contribution < 1.29 is 9.53 Å². The molecule has 126 valence electrons. The topological polar surface area (TPSA) is 68.5 Å². The summed E-state index contributed by atoms with van der Waals surface area (Å²) in [6, 6.07) is 11.4. The van der Waals surface area contributed by atoms with Gasteiger partial charge in [0.05, 0.1) is 17.9 Å². The Hall–Kier alpha value is -3.04. The molecule has 0 radical (unpaired) electrons. The molecule has 0 atom stereocenters. The van der Waals surface area contributed by atoms with Gasteiger partial charge in [-0.05, 0) is 19.1 Å². The minimum Gasteiger partial charge on any atom is -0.436 e. The summed E-state index contributed by atoms with van der Waals surface area (Å²) in [6.45, 7) is 2.09. The summed E-state index contributed by atoms with van der Waals surface area (Å²) in [7, 11) is 0. The molecule has 0 fully saturated rings. The Bertz CT molecular complexity index is 958. The number of halogens is 1. The fraction of sp³-hybridized carbons (Fsp3) is 0.167. The van der Waals surface area contributed by atoms with Crippen molar-refractivity contribution >= 4 is 23.3 Å². The predicted molar refractivity (Wildman–Crippen MR) is 95.2 cm³/mol. The van der Waals surface area contributed by atoms with Gasteiger partial charge < -0.3 is 10.1 Å². The second kappa shape index (κ2) is 7.24. The summed E-state index contributed by atoms with van der Waals surface area (Å²) >= 11 is 6.00. The average molecular weight is 355 g/mol. The van der Waals surface area contributed by atoms with Crippen molar-refractivity contribution in [2.45, 2.75) is 13.5 Å². The number of hydrogen-bond donors (Lipinski definition) is 1. The van der Waals surface area contributed by atoms with E-state index in [1.165, 1.54) is 0 Å². The van der Waals surface area contributed by atoms with Crippen molar-refractivity contribution in [1.29, 1.82) is 0 Å². The molecule has 2 heterocycles. The van der Waals surface area contributed by atoms with E-state index >= 15 is 0 Å². The molecule has 1 amide bonds. The van der Waals surface area contributed by atoms with Crippen LogP contribution in [0.3, 0.4) is 0 Å². The molecule has 0 unspecified atom stereocenters. The second-order valence-corrected chi connectivity index (χ2v) is 5.72. The van der Waals surface area contributed by atoms with Gasteiger partial charge in [-0.1, -0.05) is 47.4 Å². The Morgan fingerprint density at radius 1 is 1.32 bits per heavy atom. The number of nitrogens with one attached hydrogen (secondary N) is 1. The van der Waals surface area contributed by atoms with E-state index in [0.29, 0.717) is 22.2 Å². The molecule has 1 aromatic carbocycles. The smallest absolute Gasteiger partial charge is 0.408 e. The number of ether oxygens (including phenoxy) is 1. The van der Waals surface area contributed by atoms with Gasteiger partial charge in [-0.25, -0.2) is 14.3 Å². The first-order chi connectivity index (χ1) is 12.1. The fourth-order valence-corrected chi connectivity index (χ4v) is 2.51. The van der Waals surface area contributed by atoms with Gasteiger partial charge in [0.2, 0.25) is 0 Å². The monoisotopic (exact) mass is 354 g/mol. The number of nitrogens with zero attached hydrogens (tertiary/aromatic N) is 3. The minimum absolute atomic E-state index is 0.0894. The molecule has 3 aromatic rings. The number of benzene rings is 1. The van der Waals surface area contributed by atoms with Gasteiger partial charge in [-0.2, -0.15) is 5.10 Å². The lowest BCUT2D eigenvalue weighted by Gasteiger charge is -2.07.